The molecule has 3 heterocycles. The third-order valence-electron chi connectivity index (χ3n) is 5.25. The number of aromatic nitrogens is 2. The van der Waals surface area contributed by atoms with Gasteiger partial charge in [0.05, 0.1) is 18.6 Å². The molecule has 0 radical (unpaired) electrons. The molecule has 2 aliphatic rings. The Kier molecular flexibility index (Phi) is 5.32. The topological polar surface area (TPSA) is 71.7 Å². The molecule has 148 valence electrons. The number of carbonyl (C=O) groups is 1. The molecule has 1 aromatic carbocycles. The summed E-state index contributed by atoms with van der Waals surface area (Å²) < 4.78 is 8.05. The molecule has 0 spiro atoms. The maximum atomic E-state index is 12.2. The van der Waals surface area contributed by atoms with Gasteiger partial charge in [0.1, 0.15) is 11.8 Å². The molecular formula is C21H27N5O2. The third kappa shape index (κ3) is 3.88. The van der Waals surface area contributed by atoms with Gasteiger partial charge in [0.25, 0.3) is 0 Å². The summed E-state index contributed by atoms with van der Waals surface area (Å²) in [6.07, 6.45) is 8.91. The molecule has 4 rings (SSSR count). The van der Waals surface area contributed by atoms with E-state index in [0.29, 0.717) is 19.1 Å². The number of unbranched alkanes of at least 4 members (excludes halogenated alkanes) is 2. The normalized spacial score (nSPS) is 18.0. The average molecular weight is 381 g/mol. The molecule has 1 aromatic heterocycles. The van der Waals surface area contributed by atoms with Gasteiger partial charge in [-0.1, -0.05) is 13.8 Å². The Morgan fingerprint density at radius 3 is 2.96 bits per heavy atom. The Hall–Kier alpha value is -2.83. The first kappa shape index (κ1) is 18.5. The molecule has 1 atom stereocenters. The first-order valence-electron chi connectivity index (χ1n) is 9.99. The first-order valence-corrected chi connectivity index (χ1v) is 9.99. The van der Waals surface area contributed by atoms with Crippen LogP contribution in [0.4, 0.5) is 5.69 Å². The van der Waals surface area contributed by atoms with Crippen molar-refractivity contribution in [2.45, 2.75) is 52.2 Å². The fourth-order valence-corrected chi connectivity index (χ4v) is 3.82. The van der Waals surface area contributed by atoms with E-state index in [9.17, 15) is 4.79 Å². The van der Waals surface area contributed by atoms with Gasteiger partial charge in [-0.05, 0) is 43.4 Å². The van der Waals surface area contributed by atoms with Crippen molar-refractivity contribution < 1.29 is 9.53 Å². The number of nitrogens with one attached hydrogen (secondary N) is 1. The van der Waals surface area contributed by atoms with E-state index in [1.54, 1.807) is 0 Å². The number of ether oxygens (including phenoxy) is 1. The standard InChI is InChI=1S/C21H27N5O2/c1-15(2)19-20(27)24-21-23-18-7-6-17(12-16(18)13-26(19)21)28-11-5-3-4-9-25-10-8-22-14-25/h6-8,10,12,14-15,19H,3-5,9,11,13H2,1-2H3,(H,23,24,27). The van der Waals surface area contributed by atoms with Crippen LogP contribution in [0, 0.1) is 5.92 Å². The van der Waals surface area contributed by atoms with E-state index in [-0.39, 0.29) is 17.9 Å². The number of rotatable bonds is 8. The lowest BCUT2D eigenvalue weighted by Gasteiger charge is -2.29. The van der Waals surface area contributed by atoms with Crippen LogP contribution in [-0.2, 0) is 17.9 Å². The van der Waals surface area contributed by atoms with Gasteiger partial charge in [-0.15, -0.1) is 0 Å². The highest BCUT2D eigenvalue weighted by Crippen LogP contribution is 2.33. The second-order valence-corrected chi connectivity index (χ2v) is 7.74. The molecule has 2 aliphatic heterocycles. The Morgan fingerprint density at radius 2 is 2.18 bits per heavy atom. The van der Waals surface area contributed by atoms with Crippen LogP contribution in [0.1, 0.15) is 38.7 Å². The SMILES string of the molecule is CC(C)C1C(=O)NC2=Nc3ccc(OCCCCCn4ccnc4)cc3CN21. The second-order valence-electron chi connectivity index (χ2n) is 7.74. The van der Waals surface area contributed by atoms with Gasteiger partial charge in [0, 0.05) is 31.0 Å². The van der Waals surface area contributed by atoms with Crippen LogP contribution in [-0.4, -0.2) is 39.0 Å². The minimum Gasteiger partial charge on any atom is -0.494 e. The summed E-state index contributed by atoms with van der Waals surface area (Å²) in [5, 5.41) is 2.91. The van der Waals surface area contributed by atoms with E-state index in [4.69, 9.17) is 4.74 Å². The highest BCUT2D eigenvalue weighted by atomic mass is 16.5. The summed E-state index contributed by atoms with van der Waals surface area (Å²) in [4.78, 5) is 23.0. The fraction of sp³-hybridized carbons (Fsp3) is 0.476. The molecule has 1 unspecified atom stereocenters. The van der Waals surface area contributed by atoms with Crippen molar-refractivity contribution in [3.8, 4) is 5.75 Å². The monoisotopic (exact) mass is 381 g/mol. The summed E-state index contributed by atoms with van der Waals surface area (Å²) in [5.74, 6) is 1.80. The van der Waals surface area contributed by atoms with Gasteiger partial charge < -0.3 is 14.2 Å². The number of fused-ring (bicyclic) bond motifs is 2. The van der Waals surface area contributed by atoms with E-state index in [0.717, 1.165) is 42.8 Å². The quantitative estimate of drug-likeness (QED) is 0.713. The number of amides is 1. The van der Waals surface area contributed by atoms with Crippen LogP contribution in [0.5, 0.6) is 5.75 Å². The molecular weight excluding hydrogens is 354 g/mol. The van der Waals surface area contributed by atoms with Crippen molar-refractivity contribution in [1.82, 2.24) is 19.8 Å². The van der Waals surface area contributed by atoms with Crippen LogP contribution in [0.15, 0.2) is 41.9 Å². The Bertz CT molecular complexity index is 860. The number of hydrogen-bond acceptors (Lipinski definition) is 5. The lowest BCUT2D eigenvalue weighted by molar-refractivity contribution is -0.122. The summed E-state index contributed by atoms with van der Waals surface area (Å²) in [6, 6.07) is 5.83. The highest BCUT2D eigenvalue weighted by Gasteiger charge is 2.40. The van der Waals surface area contributed by atoms with Gasteiger partial charge in [-0.3, -0.25) is 10.1 Å². The maximum Gasteiger partial charge on any atom is 0.249 e. The fourth-order valence-electron chi connectivity index (χ4n) is 3.82. The predicted molar refractivity (Wildman–Crippen MR) is 107 cm³/mol. The van der Waals surface area contributed by atoms with Gasteiger partial charge in [-0.2, -0.15) is 0 Å². The van der Waals surface area contributed by atoms with Crippen LogP contribution >= 0.6 is 0 Å². The highest BCUT2D eigenvalue weighted by molar-refractivity contribution is 6.07. The Labute approximate surface area is 165 Å². The summed E-state index contributed by atoms with van der Waals surface area (Å²) in [7, 11) is 0. The number of nitrogens with zero attached hydrogens (tertiary/aromatic N) is 4. The number of carbonyl (C=O) groups excluding carboxylic acids is 1. The van der Waals surface area contributed by atoms with Crippen molar-refractivity contribution in [2.24, 2.45) is 10.9 Å². The van der Waals surface area contributed by atoms with Crippen molar-refractivity contribution in [3.05, 3.63) is 42.5 Å². The minimum atomic E-state index is -0.160. The van der Waals surface area contributed by atoms with Gasteiger partial charge >= 0.3 is 0 Å². The summed E-state index contributed by atoms with van der Waals surface area (Å²) in [6.45, 7) is 6.51. The summed E-state index contributed by atoms with van der Waals surface area (Å²) in [5.41, 5.74) is 2.01. The first-order chi connectivity index (χ1) is 13.6. The zero-order valence-corrected chi connectivity index (χ0v) is 16.5. The van der Waals surface area contributed by atoms with Crippen LogP contribution in [0.2, 0.25) is 0 Å². The minimum absolute atomic E-state index is 0.0359. The van der Waals surface area contributed by atoms with Crippen LogP contribution in [0.3, 0.4) is 0 Å². The lowest BCUT2D eigenvalue weighted by Crippen LogP contribution is -2.39. The van der Waals surface area contributed by atoms with Crippen molar-refractivity contribution in [1.29, 1.82) is 0 Å². The van der Waals surface area contributed by atoms with E-state index in [2.05, 4.69) is 44.7 Å². The maximum absolute atomic E-state index is 12.2. The number of imidazole rings is 1. The predicted octanol–water partition coefficient (Wildman–Crippen LogP) is 3.09. The molecule has 7 heteroatoms. The van der Waals surface area contributed by atoms with Gasteiger partial charge in [0.2, 0.25) is 11.9 Å². The molecule has 0 bridgehead atoms. The second kappa shape index (κ2) is 8.04. The molecule has 1 amide bonds. The number of hydrogen-bond donors (Lipinski definition) is 1. The van der Waals surface area contributed by atoms with Gasteiger partial charge in [0.15, 0.2) is 0 Å². The van der Waals surface area contributed by atoms with Crippen molar-refractivity contribution in [2.75, 3.05) is 6.61 Å². The summed E-state index contributed by atoms with van der Waals surface area (Å²) >= 11 is 0. The molecule has 1 saturated heterocycles. The average Bonchev–Trinajstić information content (AvgIpc) is 3.29. The lowest BCUT2D eigenvalue weighted by atomic mass is 10.0. The largest absolute Gasteiger partial charge is 0.494 e. The number of aryl methyl sites for hydroxylation is 1. The smallest absolute Gasteiger partial charge is 0.249 e. The van der Waals surface area contributed by atoms with E-state index < -0.39 is 0 Å². The van der Waals surface area contributed by atoms with Crippen molar-refractivity contribution >= 4 is 17.6 Å². The van der Waals surface area contributed by atoms with Crippen molar-refractivity contribution in [3.63, 3.8) is 0 Å². The molecule has 2 aromatic rings. The molecule has 0 saturated carbocycles. The van der Waals surface area contributed by atoms with Crippen LogP contribution < -0.4 is 10.1 Å². The zero-order valence-electron chi connectivity index (χ0n) is 16.5. The number of guanidine groups is 1. The van der Waals surface area contributed by atoms with Crippen LogP contribution in [0.25, 0.3) is 0 Å². The number of aliphatic imine (C=N–C) groups is 1. The van der Waals surface area contributed by atoms with Gasteiger partial charge in [-0.25, -0.2) is 9.98 Å². The van der Waals surface area contributed by atoms with E-state index >= 15 is 0 Å². The molecule has 28 heavy (non-hydrogen) atoms. The molecule has 7 nitrogen and oxygen atoms in total. The molecule has 1 N–H and O–H groups in total. The Balaban J connectivity index is 1.30. The zero-order chi connectivity index (χ0) is 19.5. The van der Waals surface area contributed by atoms with E-state index in [1.807, 2.05) is 30.9 Å². The third-order valence-corrected chi connectivity index (χ3v) is 5.25. The van der Waals surface area contributed by atoms with E-state index in [1.165, 1.54) is 0 Å². The number of benzene rings is 1. The molecule has 1 fully saturated rings. The Morgan fingerprint density at radius 1 is 1.29 bits per heavy atom. The molecule has 0 aliphatic carbocycles.